The average molecular weight is 786 g/mol. The van der Waals surface area contributed by atoms with E-state index in [-0.39, 0.29) is 0 Å². The van der Waals surface area contributed by atoms with Crippen molar-refractivity contribution in [1.82, 2.24) is 0 Å². The first-order valence-electron chi connectivity index (χ1n) is 20.7. The van der Waals surface area contributed by atoms with Crippen LogP contribution < -0.4 is 0 Å². The molecule has 0 bridgehead atoms. The molecule has 0 amide bonds. The van der Waals surface area contributed by atoms with Gasteiger partial charge in [-0.25, -0.2) is 9.98 Å². The maximum atomic E-state index is 6.76. The third-order valence-corrected chi connectivity index (χ3v) is 11.7. The second-order valence-electron chi connectivity index (χ2n) is 15.5. The fourth-order valence-electron chi connectivity index (χ4n) is 8.85. The quantitative estimate of drug-likeness (QED) is 0.119. The van der Waals surface area contributed by atoms with E-state index in [0.29, 0.717) is 18.2 Å². The highest BCUT2D eigenvalue weighted by Gasteiger charge is 2.23. The number of fused-ring (bicyclic) bond motifs is 7. The van der Waals surface area contributed by atoms with Gasteiger partial charge in [0, 0.05) is 39.3 Å². The number of hydrogen-bond donors (Lipinski definition) is 0. The summed E-state index contributed by atoms with van der Waals surface area (Å²) in [5.74, 6) is 2.12. The summed E-state index contributed by atoms with van der Waals surface area (Å²) in [6.45, 7) is 4.33. The van der Waals surface area contributed by atoms with Gasteiger partial charge in [0.15, 0.2) is 11.7 Å². The molecule has 5 nitrogen and oxygen atoms in total. The van der Waals surface area contributed by atoms with Crippen molar-refractivity contribution in [2.75, 3.05) is 0 Å². The largest absolute Gasteiger partial charge is 0.460 e. The number of nitrogens with zero attached hydrogens (tertiary/aromatic N) is 3. The van der Waals surface area contributed by atoms with Crippen molar-refractivity contribution in [2.24, 2.45) is 15.0 Å². The molecule has 290 valence electrons. The molecule has 8 aromatic carbocycles. The number of aliphatic imine (C=N–C) groups is 3. The zero-order valence-corrected chi connectivity index (χ0v) is 33.4. The number of rotatable bonds is 7. The summed E-state index contributed by atoms with van der Waals surface area (Å²) in [6, 6.07) is 61.0. The summed E-state index contributed by atoms with van der Waals surface area (Å²) in [7, 11) is 0. The summed E-state index contributed by atoms with van der Waals surface area (Å²) in [5, 5.41) is 5.61. The van der Waals surface area contributed by atoms with Gasteiger partial charge in [-0.1, -0.05) is 146 Å². The van der Waals surface area contributed by atoms with Crippen LogP contribution in [0.5, 0.6) is 0 Å². The Kier molecular flexibility index (Phi) is 9.12. The number of allylic oxidation sites excluding steroid dienone is 1. The van der Waals surface area contributed by atoms with Crippen LogP contribution in [0.15, 0.2) is 206 Å². The lowest BCUT2D eigenvalue weighted by Crippen LogP contribution is -2.05. The number of amidine groups is 2. The Morgan fingerprint density at radius 3 is 2.13 bits per heavy atom. The Morgan fingerprint density at radius 2 is 1.26 bits per heavy atom. The fraction of sp³-hybridized carbons (Fsp3) is 0.0536. The van der Waals surface area contributed by atoms with E-state index < -0.39 is 0 Å². The van der Waals surface area contributed by atoms with Crippen LogP contribution in [0, 0.1) is 0 Å². The van der Waals surface area contributed by atoms with E-state index in [9.17, 15) is 0 Å². The van der Waals surface area contributed by atoms with Gasteiger partial charge in [0.25, 0.3) is 0 Å². The van der Waals surface area contributed by atoms with Crippen LogP contribution in [0.3, 0.4) is 0 Å². The smallest absolute Gasteiger partial charge is 0.161 e. The number of para-hydroxylation sites is 1. The predicted molar refractivity (Wildman–Crippen MR) is 254 cm³/mol. The fourth-order valence-corrected chi connectivity index (χ4v) is 8.85. The molecule has 2 aromatic heterocycles. The Morgan fingerprint density at radius 1 is 0.525 bits per heavy atom. The highest BCUT2D eigenvalue weighted by Crippen LogP contribution is 2.45. The van der Waals surface area contributed by atoms with Crippen molar-refractivity contribution >= 4 is 68.1 Å². The summed E-state index contributed by atoms with van der Waals surface area (Å²) in [5.41, 5.74) is 13.2. The first-order chi connectivity index (χ1) is 30.2. The number of furan rings is 2. The molecule has 5 heteroatoms. The molecule has 2 heterocycles. The van der Waals surface area contributed by atoms with Crippen LogP contribution >= 0.6 is 0 Å². The molecule has 0 N–H and O–H groups in total. The molecule has 0 spiro atoms. The number of benzene rings is 8. The normalized spacial score (nSPS) is 13.0. The molecule has 1 aliphatic carbocycles. The molecule has 0 aliphatic heterocycles. The van der Waals surface area contributed by atoms with Crippen molar-refractivity contribution in [3.05, 3.63) is 210 Å². The van der Waals surface area contributed by atoms with Crippen molar-refractivity contribution in [1.29, 1.82) is 0 Å². The maximum Gasteiger partial charge on any atom is 0.161 e. The zero-order chi connectivity index (χ0) is 40.7. The minimum atomic E-state index is 0.395. The average Bonchev–Trinajstić information content (AvgIpc) is 3.90. The summed E-state index contributed by atoms with van der Waals surface area (Å²) in [6.07, 6.45) is 6.32. The van der Waals surface area contributed by atoms with Crippen molar-refractivity contribution in [3.63, 3.8) is 0 Å². The van der Waals surface area contributed by atoms with E-state index in [2.05, 4.69) is 127 Å². The monoisotopic (exact) mass is 785 g/mol. The van der Waals surface area contributed by atoms with Crippen LogP contribution in [0.1, 0.15) is 34.4 Å². The van der Waals surface area contributed by atoms with Gasteiger partial charge in [0.05, 0.1) is 6.54 Å². The van der Waals surface area contributed by atoms with E-state index >= 15 is 0 Å². The SMILES string of the molecule is C=N/C(=N\C(=N/Cc1cc(-c2cc(-c3cccc4oc5ccccc5c34)cc3oc4c(c23)C=CCC4)c2ccccc2c1)c1ccccc1)c1cccc(-c2ccccc2)c1. The maximum absolute atomic E-state index is 6.76. The Hall–Kier alpha value is -7.89. The molecule has 0 fully saturated rings. The van der Waals surface area contributed by atoms with Gasteiger partial charge in [0.2, 0.25) is 0 Å². The molecule has 61 heavy (non-hydrogen) atoms. The lowest BCUT2D eigenvalue weighted by Gasteiger charge is -2.14. The van der Waals surface area contributed by atoms with Crippen molar-refractivity contribution in [2.45, 2.75) is 19.4 Å². The number of aryl methyl sites for hydroxylation is 1. The standard InChI is InChI=1S/C56H39N3O2/c1-57-55(41-22-14-21-39(32-41)37-16-4-2-5-17-37)59-56(38-18-6-3-7-19-38)58-35-36-30-40-20-8-9-23-43(40)47(31-36)48-33-42(34-52-54(48)46-25-11-13-28-50(46)61-52)44-26-15-29-51-53(44)45-24-10-12-27-49(45)60-51/h2-12,14-27,29-34H,1,13,28,35H2/b58-56-,59-55-. The van der Waals surface area contributed by atoms with Crippen molar-refractivity contribution in [3.8, 4) is 33.4 Å². The Labute approximate surface area is 353 Å². The second kappa shape index (κ2) is 15.4. The Balaban J connectivity index is 1.08. The van der Waals surface area contributed by atoms with Gasteiger partial charge in [-0.05, 0) is 105 Å². The van der Waals surface area contributed by atoms with Gasteiger partial charge in [-0.2, -0.15) is 0 Å². The molecular formula is C56H39N3O2. The third kappa shape index (κ3) is 6.67. The molecule has 0 unspecified atom stereocenters. The van der Waals surface area contributed by atoms with E-state index in [4.69, 9.17) is 18.8 Å². The molecule has 0 saturated heterocycles. The minimum absolute atomic E-state index is 0.395. The van der Waals surface area contributed by atoms with Gasteiger partial charge in [0.1, 0.15) is 22.5 Å². The predicted octanol–water partition coefficient (Wildman–Crippen LogP) is 14.5. The van der Waals surface area contributed by atoms with E-state index in [1.54, 1.807) is 0 Å². The molecule has 0 radical (unpaired) electrons. The third-order valence-electron chi connectivity index (χ3n) is 11.7. The lowest BCUT2D eigenvalue weighted by molar-refractivity contribution is 0.546. The molecule has 0 atom stereocenters. The topological polar surface area (TPSA) is 63.4 Å². The first-order valence-corrected chi connectivity index (χ1v) is 20.7. The van der Waals surface area contributed by atoms with Crippen LogP contribution in [0.25, 0.3) is 83.1 Å². The molecular weight excluding hydrogens is 747 g/mol. The van der Waals surface area contributed by atoms with E-state index in [1.807, 2.05) is 72.8 Å². The van der Waals surface area contributed by atoms with Crippen molar-refractivity contribution < 1.29 is 8.83 Å². The summed E-state index contributed by atoms with van der Waals surface area (Å²) in [4.78, 5) is 14.8. The molecule has 11 rings (SSSR count). The summed E-state index contributed by atoms with van der Waals surface area (Å²) < 4.78 is 13.1. The second-order valence-corrected chi connectivity index (χ2v) is 15.5. The van der Waals surface area contributed by atoms with Gasteiger partial charge in [-0.15, -0.1) is 0 Å². The minimum Gasteiger partial charge on any atom is -0.460 e. The first kappa shape index (κ1) is 36.2. The van der Waals surface area contributed by atoms with E-state index in [1.165, 1.54) is 0 Å². The highest BCUT2D eigenvalue weighted by atomic mass is 16.3. The Bertz CT molecular complexity index is 3400. The molecule has 1 aliphatic rings. The summed E-state index contributed by atoms with van der Waals surface area (Å²) >= 11 is 0. The van der Waals surface area contributed by atoms with Gasteiger partial charge in [-0.3, -0.25) is 4.99 Å². The van der Waals surface area contributed by atoms with Crippen LogP contribution in [-0.2, 0) is 13.0 Å². The van der Waals surface area contributed by atoms with Gasteiger partial charge >= 0.3 is 0 Å². The highest BCUT2D eigenvalue weighted by molar-refractivity contribution is 6.16. The number of hydrogen-bond acceptors (Lipinski definition) is 3. The van der Waals surface area contributed by atoms with Crippen LogP contribution in [0.4, 0.5) is 0 Å². The van der Waals surface area contributed by atoms with Gasteiger partial charge < -0.3 is 8.83 Å². The zero-order valence-electron chi connectivity index (χ0n) is 33.4. The van der Waals surface area contributed by atoms with Crippen LogP contribution in [0.2, 0.25) is 0 Å². The lowest BCUT2D eigenvalue weighted by atomic mass is 9.88. The molecule has 0 saturated carbocycles. The molecule has 10 aromatic rings. The van der Waals surface area contributed by atoms with Crippen LogP contribution in [-0.4, -0.2) is 18.4 Å². The van der Waals surface area contributed by atoms with E-state index in [0.717, 1.165) is 118 Å².